The van der Waals surface area contributed by atoms with E-state index in [1.165, 1.54) is 6.07 Å². The van der Waals surface area contributed by atoms with Crippen molar-refractivity contribution in [3.63, 3.8) is 0 Å². The number of rotatable bonds is 4. The highest BCUT2D eigenvalue weighted by atomic mass is 35.5. The average molecular weight is 366 g/mol. The van der Waals surface area contributed by atoms with Crippen molar-refractivity contribution in [2.45, 2.75) is 6.18 Å². The Bertz CT molecular complexity index is 744. The number of anilines is 1. The van der Waals surface area contributed by atoms with Crippen LogP contribution in [0.4, 0.5) is 27.6 Å². The summed E-state index contributed by atoms with van der Waals surface area (Å²) >= 11 is 5.72. The summed E-state index contributed by atoms with van der Waals surface area (Å²) < 4.78 is 68.5. The maximum atomic E-state index is 13.6. The molecular formula is C15H9ClF5NO2. The molecule has 1 N–H and O–H groups in total. The van der Waals surface area contributed by atoms with E-state index in [0.717, 1.165) is 30.3 Å². The summed E-state index contributed by atoms with van der Waals surface area (Å²) in [4.78, 5) is 12.0. The molecule has 0 bridgehead atoms. The summed E-state index contributed by atoms with van der Waals surface area (Å²) in [6.07, 6.45) is -4.60. The Morgan fingerprint density at radius 1 is 1.12 bits per heavy atom. The molecule has 0 aliphatic carbocycles. The van der Waals surface area contributed by atoms with Crippen molar-refractivity contribution in [1.29, 1.82) is 0 Å². The summed E-state index contributed by atoms with van der Waals surface area (Å²) in [6.45, 7) is -1.61. The Kier molecular flexibility index (Phi) is 5.28. The Balaban J connectivity index is 2.28. The van der Waals surface area contributed by atoms with Gasteiger partial charge in [0.05, 0.1) is 5.69 Å². The molecular weight excluding hydrogens is 357 g/mol. The molecule has 128 valence electrons. The van der Waals surface area contributed by atoms with Gasteiger partial charge in [-0.25, -0.2) is 8.78 Å². The van der Waals surface area contributed by atoms with E-state index in [4.69, 9.17) is 11.6 Å². The fourth-order valence-corrected chi connectivity index (χ4v) is 1.96. The van der Waals surface area contributed by atoms with Gasteiger partial charge in [0.1, 0.15) is 22.9 Å². The predicted octanol–water partition coefficient (Wildman–Crippen LogP) is 4.81. The minimum atomic E-state index is -4.60. The van der Waals surface area contributed by atoms with Crippen LogP contribution < -0.4 is 10.1 Å². The van der Waals surface area contributed by atoms with E-state index in [2.05, 4.69) is 10.1 Å². The van der Waals surface area contributed by atoms with E-state index in [9.17, 15) is 26.7 Å². The monoisotopic (exact) mass is 365 g/mol. The largest absolute Gasteiger partial charge is 0.482 e. The number of alkyl halides is 3. The number of hydrogen-bond acceptors (Lipinski definition) is 2. The molecule has 3 nitrogen and oxygen atoms in total. The molecule has 0 aliphatic heterocycles. The fraction of sp³-hybridized carbons (Fsp3) is 0.133. The minimum absolute atomic E-state index is 0.0821. The Morgan fingerprint density at radius 2 is 1.75 bits per heavy atom. The number of carbonyl (C=O) groups excluding carboxylic acids is 1. The molecule has 2 rings (SSSR count). The lowest BCUT2D eigenvalue weighted by Crippen LogP contribution is -2.21. The zero-order valence-electron chi connectivity index (χ0n) is 11.8. The SMILES string of the molecule is O=C(Nc1cc(Cl)ccc1OCC(F)(F)F)c1c(F)cccc1F. The maximum Gasteiger partial charge on any atom is 0.422 e. The van der Waals surface area contributed by atoms with E-state index in [-0.39, 0.29) is 16.5 Å². The quantitative estimate of drug-likeness (QED) is 0.789. The fourth-order valence-electron chi connectivity index (χ4n) is 1.78. The number of halogens is 6. The molecule has 2 aromatic rings. The normalized spacial score (nSPS) is 11.2. The Labute approximate surface area is 138 Å². The van der Waals surface area contributed by atoms with Crippen molar-refractivity contribution in [2.75, 3.05) is 11.9 Å². The molecule has 0 heterocycles. The van der Waals surface area contributed by atoms with Gasteiger partial charge in [0.15, 0.2) is 6.61 Å². The number of nitrogens with one attached hydrogen (secondary N) is 1. The number of hydrogen-bond donors (Lipinski definition) is 1. The third kappa shape index (κ3) is 4.58. The van der Waals surface area contributed by atoms with Crippen molar-refractivity contribution in [3.05, 3.63) is 58.6 Å². The van der Waals surface area contributed by atoms with Crippen molar-refractivity contribution in [1.82, 2.24) is 0 Å². The summed E-state index contributed by atoms with van der Waals surface area (Å²) in [6, 6.07) is 6.25. The summed E-state index contributed by atoms with van der Waals surface area (Å²) in [7, 11) is 0. The molecule has 0 fully saturated rings. The first-order chi connectivity index (χ1) is 11.2. The van der Waals surface area contributed by atoms with Crippen LogP contribution in [0.5, 0.6) is 5.75 Å². The Morgan fingerprint density at radius 3 is 2.33 bits per heavy atom. The summed E-state index contributed by atoms with van der Waals surface area (Å²) in [5, 5.41) is 2.17. The lowest BCUT2D eigenvalue weighted by molar-refractivity contribution is -0.153. The molecule has 9 heteroatoms. The second-order valence-electron chi connectivity index (χ2n) is 4.60. The van der Waals surface area contributed by atoms with Gasteiger partial charge in [0.25, 0.3) is 5.91 Å². The summed E-state index contributed by atoms with van der Waals surface area (Å²) in [5.41, 5.74) is -1.13. The van der Waals surface area contributed by atoms with Gasteiger partial charge in [0.2, 0.25) is 0 Å². The number of amides is 1. The molecule has 0 atom stereocenters. The van der Waals surface area contributed by atoms with Crippen LogP contribution in [-0.4, -0.2) is 18.7 Å². The standard InChI is InChI=1S/C15H9ClF5NO2/c16-8-4-5-12(24-7-15(19,20)21)11(6-8)22-14(23)13-9(17)2-1-3-10(13)18/h1-6H,7H2,(H,22,23). The molecule has 2 aromatic carbocycles. The smallest absolute Gasteiger partial charge is 0.422 e. The van der Waals surface area contributed by atoms with E-state index < -0.39 is 35.9 Å². The third-order valence-corrected chi connectivity index (χ3v) is 3.01. The first kappa shape index (κ1) is 18.0. The van der Waals surface area contributed by atoms with Crippen molar-refractivity contribution >= 4 is 23.2 Å². The van der Waals surface area contributed by atoms with Crippen LogP contribution in [0.3, 0.4) is 0 Å². The van der Waals surface area contributed by atoms with Crippen molar-refractivity contribution in [2.24, 2.45) is 0 Å². The number of carbonyl (C=O) groups is 1. The highest BCUT2D eigenvalue weighted by molar-refractivity contribution is 6.31. The lowest BCUT2D eigenvalue weighted by Gasteiger charge is -2.14. The van der Waals surface area contributed by atoms with Gasteiger partial charge in [-0.1, -0.05) is 17.7 Å². The highest BCUT2D eigenvalue weighted by Crippen LogP contribution is 2.30. The molecule has 0 saturated heterocycles. The van der Waals surface area contributed by atoms with Crippen molar-refractivity contribution < 1.29 is 31.5 Å². The lowest BCUT2D eigenvalue weighted by atomic mass is 10.1. The van der Waals surface area contributed by atoms with E-state index in [1.807, 2.05) is 0 Å². The van der Waals surface area contributed by atoms with Crippen LogP contribution in [0.1, 0.15) is 10.4 Å². The summed E-state index contributed by atoms with van der Waals surface area (Å²) in [5.74, 6) is -3.77. The van der Waals surface area contributed by atoms with Crippen LogP contribution in [-0.2, 0) is 0 Å². The average Bonchev–Trinajstić information content (AvgIpc) is 2.45. The molecule has 0 saturated carbocycles. The van der Waals surface area contributed by atoms with Crippen LogP contribution in [0.25, 0.3) is 0 Å². The zero-order chi connectivity index (χ0) is 17.9. The second-order valence-corrected chi connectivity index (χ2v) is 5.03. The van der Waals surface area contributed by atoms with Crippen LogP contribution in [0.2, 0.25) is 5.02 Å². The minimum Gasteiger partial charge on any atom is -0.482 e. The molecule has 0 unspecified atom stereocenters. The Hall–Kier alpha value is -2.35. The molecule has 0 aliphatic rings. The van der Waals surface area contributed by atoms with Crippen LogP contribution >= 0.6 is 11.6 Å². The first-order valence-corrected chi connectivity index (χ1v) is 6.79. The molecule has 0 aromatic heterocycles. The zero-order valence-corrected chi connectivity index (χ0v) is 12.5. The number of benzene rings is 2. The van der Waals surface area contributed by atoms with Gasteiger partial charge in [-0.3, -0.25) is 4.79 Å². The van der Waals surface area contributed by atoms with E-state index >= 15 is 0 Å². The van der Waals surface area contributed by atoms with Gasteiger partial charge < -0.3 is 10.1 Å². The van der Waals surface area contributed by atoms with E-state index in [1.54, 1.807) is 0 Å². The van der Waals surface area contributed by atoms with Crippen LogP contribution in [0, 0.1) is 11.6 Å². The highest BCUT2D eigenvalue weighted by Gasteiger charge is 2.29. The predicted molar refractivity (Wildman–Crippen MR) is 77.3 cm³/mol. The molecule has 24 heavy (non-hydrogen) atoms. The molecule has 0 radical (unpaired) electrons. The first-order valence-electron chi connectivity index (χ1n) is 6.42. The van der Waals surface area contributed by atoms with E-state index in [0.29, 0.717) is 0 Å². The third-order valence-electron chi connectivity index (χ3n) is 2.77. The van der Waals surface area contributed by atoms with Gasteiger partial charge >= 0.3 is 6.18 Å². The van der Waals surface area contributed by atoms with Gasteiger partial charge in [-0.05, 0) is 30.3 Å². The van der Waals surface area contributed by atoms with Gasteiger partial charge in [-0.15, -0.1) is 0 Å². The molecule has 0 spiro atoms. The maximum absolute atomic E-state index is 13.6. The molecule has 1 amide bonds. The van der Waals surface area contributed by atoms with Crippen molar-refractivity contribution in [3.8, 4) is 5.75 Å². The van der Waals surface area contributed by atoms with Crippen LogP contribution in [0.15, 0.2) is 36.4 Å². The van der Waals surface area contributed by atoms with Gasteiger partial charge in [0, 0.05) is 5.02 Å². The second kappa shape index (κ2) is 7.04. The number of ether oxygens (including phenoxy) is 1. The topological polar surface area (TPSA) is 38.3 Å². The van der Waals surface area contributed by atoms with Gasteiger partial charge in [-0.2, -0.15) is 13.2 Å².